The zero-order valence-electron chi connectivity index (χ0n) is 15.5. The summed E-state index contributed by atoms with van der Waals surface area (Å²) in [6, 6.07) is 13.7. The largest absolute Gasteiger partial charge is 0.471 e. The van der Waals surface area contributed by atoms with Crippen molar-refractivity contribution in [3.05, 3.63) is 71.4 Å². The van der Waals surface area contributed by atoms with E-state index in [1.54, 1.807) is 36.4 Å². The van der Waals surface area contributed by atoms with Crippen molar-refractivity contribution < 1.29 is 22.5 Å². The molecular formula is C19H17F3N4O2S. The molecule has 0 aliphatic rings. The number of rotatable bonds is 5. The molecule has 0 radical (unpaired) electrons. The molecule has 0 spiro atoms. The summed E-state index contributed by atoms with van der Waals surface area (Å²) in [4.78, 5) is 17.9. The molecule has 0 aliphatic carbocycles. The maximum Gasteiger partial charge on any atom is 0.471 e. The molecule has 2 aromatic carbocycles. The molecule has 3 aromatic rings. The van der Waals surface area contributed by atoms with Gasteiger partial charge in [0.15, 0.2) is 5.82 Å². The second kappa shape index (κ2) is 8.16. The third kappa shape index (κ3) is 4.89. The zero-order chi connectivity index (χ0) is 21.2. The van der Waals surface area contributed by atoms with E-state index in [0.717, 1.165) is 5.69 Å². The Bertz CT molecular complexity index is 986. The van der Waals surface area contributed by atoms with Gasteiger partial charge in [0.2, 0.25) is 0 Å². The van der Waals surface area contributed by atoms with Crippen LogP contribution in [-0.2, 0) is 12.6 Å². The predicted octanol–water partition coefficient (Wildman–Crippen LogP) is 4.24. The van der Waals surface area contributed by atoms with E-state index < -0.39 is 12.1 Å². The van der Waals surface area contributed by atoms with Gasteiger partial charge in [0.1, 0.15) is 0 Å². The summed E-state index contributed by atoms with van der Waals surface area (Å²) in [6.07, 6.45) is -4.63. The number of benzene rings is 2. The lowest BCUT2D eigenvalue weighted by Gasteiger charge is -2.18. The molecule has 0 saturated carbocycles. The van der Waals surface area contributed by atoms with E-state index >= 15 is 0 Å². The van der Waals surface area contributed by atoms with Gasteiger partial charge in [0.05, 0.1) is 5.69 Å². The zero-order valence-corrected chi connectivity index (χ0v) is 16.4. The van der Waals surface area contributed by atoms with Crippen LogP contribution in [0.1, 0.15) is 27.6 Å². The Balaban J connectivity index is 1.68. The molecule has 152 valence electrons. The molecule has 1 aromatic heterocycles. The topological polar surface area (TPSA) is 62.5 Å². The molecule has 0 atom stereocenters. The Morgan fingerprint density at radius 3 is 2.14 bits per heavy atom. The molecule has 0 unspecified atom stereocenters. The molecule has 10 heteroatoms. The molecule has 1 heterocycles. The Kier molecular flexibility index (Phi) is 5.83. The first-order chi connectivity index (χ1) is 13.6. The molecule has 0 fully saturated rings. The number of carbonyl (C=O) groups is 1. The van der Waals surface area contributed by atoms with Gasteiger partial charge in [-0.2, -0.15) is 18.2 Å². The van der Waals surface area contributed by atoms with E-state index in [-0.39, 0.29) is 18.2 Å². The second-order valence-corrected chi connectivity index (χ2v) is 6.81. The molecular weight excluding hydrogens is 405 g/mol. The standard InChI is InChI=1S/C19H17F3N4O2S/c1-25(2)14-7-9-15(10-8-14)26(29)17(27)13-5-3-12(4-6-13)11-16-23-18(28-24-16)19(20,21)22/h3-10,29H,11H2,1-2H3. The molecule has 0 bridgehead atoms. The first-order valence-corrected chi connectivity index (χ1v) is 8.84. The Hall–Kier alpha value is -3.01. The van der Waals surface area contributed by atoms with Crippen LogP contribution in [0.3, 0.4) is 0 Å². The summed E-state index contributed by atoms with van der Waals surface area (Å²) in [7, 11) is 3.83. The average molecular weight is 422 g/mol. The predicted molar refractivity (Wildman–Crippen MR) is 105 cm³/mol. The maximum atomic E-state index is 12.6. The van der Waals surface area contributed by atoms with E-state index in [4.69, 9.17) is 0 Å². The fraction of sp³-hybridized carbons (Fsp3) is 0.211. The van der Waals surface area contributed by atoms with E-state index in [1.165, 1.54) is 4.31 Å². The maximum absolute atomic E-state index is 12.6. The van der Waals surface area contributed by atoms with E-state index in [1.807, 2.05) is 31.1 Å². The molecule has 0 saturated heterocycles. The highest BCUT2D eigenvalue weighted by atomic mass is 32.1. The Labute approximate surface area is 170 Å². The van der Waals surface area contributed by atoms with Gasteiger partial charge in [-0.25, -0.2) is 0 Å². The third-order valence-corrected chi connectivity index (χ3v) is 4.49. The van der Waals surface area contributed by atoms with Gasteiger partial charge >= 0.3 is 12.1 Å². The lowest BCUT2D eigenvalue weighted by Crippen LogP contribution is -2.21. The molecule has 6 nitrogen and oxygen atoms in total. The fourth-order valence-corrected chi connectivity index (χ4v) is 2.77. The van der Waals surface area contributed by atoms with Crippen LogP contribution >= 0.6 is 12.8 Å². The van der Waals surface area contributed by atoms with Gasteiger partial charge in [-0.3, -0.25) is 9.10 Å². The number of thiol groups is 1. The van der Waals surface area contributed by atoms with Crippen molar-refractivity contribution in [3.63, 3.8) is 0 Å². The van der Waals surface area contributed by atoms with Crippen LogP contribution in [-0.4, -0.2) is 30.1 Å². The Morgan fingerprint density at radius 1 is 1.03 bits per heavy atom. The molecule has 29 heavy (non-hydrogen) atoms. The highest BCUT2D eigenvalue weighted by Gasteiger charge is 2.38. The summed E-state index contributed by atoms with van der Waals surface area (Å²) in [6.45, 7) is 0. The number of amides is 1. The fourth-order valence-electron chi connectivity index (χ4n) is 2.52. The van der Waals surface area contributed by atoms with Gasteiger partial charge in [-0.05, 0) is 42.0 Å². The van der Waals surface area contributed by atoms with Crippen LogP contribution in [0, 0.1) is 0 Å². The average Bonchev–Trinajstić information content (AvgIpc) is 3.16. The SMILES string of the molecule is CN(C)c1ccc(N(S)C(=O)c2ccc(Cc3noc(C(F)(F)F)n3)cc2)cc1. The van der Waals surface area contributed by atoms with Crippen LogP contribution < -0.4 is 9.21 Å². The molecule has 1 amide bonds. The van der Waals surface area contributed by atoms with Gasteiger partial charge in [-0.15, -0.1) is 0 Å². The Morgan fingerprint density at radius 2 is 1.62 bits per heavy atom. The number of carbonyl (C=O) groups excluding carboxylic acids is 1. The summed E-state index contributed by atoms with van der Waals surface area (Å²) < 4.78 is 43.0. The van der Waals surface area contributed by atoms with Gasteiger partial charge in [-0.1, -0.05) is 30.1 Å². The van der Waals surface area contributed by atoms with Crippen molar-refractivity contribution in [3.8, 4) is 0 Å². The first-order valence-electron chi connectivity index (χ1n) is 8.44. The molecule has 3 rings (SSSR count). The number of hydrogen-bond acceptors (Lipinski definition) is 6. The quantitative estimate of drug-likeness (QED) is 0.624. The summed E-state index contributed by atoms with van der Waals surface area (Å²) in [5.74, 6) is -1.81. The van der Waals surface area contributed by atoms with Gasteiger partial charge < -0.3 is 9.42 Å². The van der Waals surface area contributed by atoms with Crippen molar-refractivity contribution in [2.75, 3.05) is 23.3 Å². The van der Waals surface area contributed by atoms with Crippen LogP contribution in [0.25, 0.3) is 0 Å². The van der Waals surface area contributed by atoms with Gasteiger partial charge in [0.25, 0.3) is 5.91 Å². The number of nitrogens with zero attached hydrogens (tertiary/aromatic N) is 4. The van der Waals surface area contributed by atoms with Crippen molar-refractivity contribution in [1.82, 2.24) is 10.1 Å². The number of alkyl halides is 3. The van der Waals surface area contributed by atoms with Gasteiger partial charge in [0, 0.05) is 31.8 Å². The minimum atomic E-state index is -4.68. The monoisotopic (exact) mass is 422 g/mol. The summed E-state index contributed by atoms with van der Waals surface area (Å²) in [5.41, 5.74) is 2.61. The van der Waals surface area contributed by atoms with Crippen molar-refractivity contribution in [2.24, 2.45) is 0 Å². The lowest BCUT2D eigenvalue weighted by molar-refractivity contribution is -0.159. The van der Waals surface area contributed by atoms with Crippen LogP contribution in [0.5, 0.6) is 0 Å². The lowest BCUT2D eigenvalue weighted by atomic mass is 10.1. The molecule has 0 N–H and O–H groups in total. The second-order valence-electron chi connectivity index (χ2n) is 6.41. The van der Waals surface area contributed by atoms with E-state index in [2.05, 4.69) is 27.5 Å². The normalized spacial score (nSPS) is 11.4. The van der Waals surface area contributed by atoms with Crippen LogP contribution in [0.2, 0.25) is 0 Å². The number of anilines is 2. The van der Waals surface area contributed by atoms with E-state index in [0.29, 0.717) is 16.8 Å². The minimum absolute atomic E-state index is 0.0463. The minimum Gasteiger partial charge on any atom is -0.378 e. The van der Waals surface area contributed by atoms with Crippen LogP contribution in [0.4, 0.5) is 24.5 Å². The highest BCUT2D eigenvalue weighted by molar-refractivity contribution is 7.82. The third-order valence-electron chi connectivity index (χ3n) is 4.08. The van der Waals surface area contributed by atoms with Crippen LogP contribution in [0.15, 0.2) is 53.1 Å². The van der Waals surface area contributed by atoms with E-state index in [9.17, 15) is 18.0 Å². The summed E-state index contributed by atoms with van der Waals surface area (Å²) in [5, 5.41) is 3.33. The van der Waals surface area contributed by atoms with Crippen molar-refractivity contribution >= 4 is 30.1 Å². The van der Waals surface area contributed by atoms with Crippen molar-refractivity contribution in [1.29, 1.82) is 0 Å². The highest BCUT2D eigenvalue weighted by Crippen LogP contribution is 2.28. The first kappa shape index (κ1) is 20.7. The number of halogens is 3. The van der Waals surface area contributed by atoms with Crippen molar-refractivity contribution in [2.45, 2.75) is 12.6 Å². The summed E-state index contributed by atoms with van der Waals surface area (Å²) >= 11 is 4.28. The number of hydrogen-bond donors (Lipinski definition) is 1. The molecule has 0 aliphatic heterocycles. The smallest absolute Gasteiger partial charge is 0.378 e. The number of aromatic nitrogens is 2.